The van der Waals surface area contributed by atoms with Crippen molar-refractivity contribution in [2.45, 2.75) is 20.3 Å². The molecule has 3 aromatic rings. The van der Waals surface area contributed by atoms with Crippen LogP contribution in [0, 0.1) is 6.92 Å². The second kappa shape index (κ2) is 5.01. The van der Waals surface area contributed by atoms with Crippen molar-refractivity contribution in [3.63, 3.8) is 0 Å². The Labute approximate surface area is 116 Å². The van der Waals surface area contributed by atoms with E-state index in [-0.39, 0.29) is 0 Å². The van der Waals surface area contributed by atoms with E-state index < -0.39 is 0 Å². The highest BCUT2D eigenvalue weighted by molar-refractivity contribution is 7.13. The van der Waals surface area contributed by atoms with Gasteiger partial charge in [-0.3, -0.25) is 0 Å². The maximum absolute atomic E-state index is 4.66. The number of hydrogen-bond donors (Lipinski definition) is 1. The average molecular weight is 272 g/mol. The van der Waals surface area contributed by atoms with Crippen LogP contribution in [0.2, 0.25) is 0 Å². The van der Waals surface area contributed by atoms with E-state index in [9.17, 15) is 0 Å². The number of anilines is 1. The standard InChI is InChI=1S/C14H16N4S/c1-3-5-15-14-8-11(12-7-10(2)9-19-12)17-13-4-6-16-18(13)14/h4,6-9,15H,3,5H2,1-2H3. The molecule has 0 aromatic carbocycles. The molecule has 0 atom stereocenters. The van der Waals surface area contributed by atoms with Crippen LogP contribution in [0.4, 0.5) is 5.82 Å². The summed E-state index contributed by atoms with van der Waals surface area (Å²) in [5.41, 5.74) is 3.16. The molecule has 1 N–H and O–H groups in total. The highest BCUT2D eigenvalue weighted by Crippen LogP contribution is 2.27. The molecule has 0 fully saturated rings. The summed E-state index contributed by atoms with van der Waals surface area (Å²) in [6.45, 7) is 5.19. The highest BCUT2D eigenvalue weighted by Gasteiger charge is 2.09. The Morgan fingerprint density at radius 1 is 1.37 bits per heavy atom. The zero-order chi connectivity index (χ0) is 13.2. The van der Waals surface area contributed by atoms with E-state index in [4.69, 9.17) is 0 Å². The SMILES string of the molecule is CCCNc1cc(-c2cc(C)cs2)nc2ccnn12. The van der Waals surface area contributed by atoms with Crippen LogP contribution in [-0.2, 0) is 0 Å². The van der Waals surface area contributed by atoms with Gasteiger partial charge in [0.15, 0.2) is 5.65 Å². The van der Waals surface area contributed by atoms with Crippen LogP contribution >= 0.6 is 11.3 Å². The van der Waals surface area contributed by atoms with E-state index in [1.54, 1.807) is 17.5 Å². The molecule has 4 nitrogen and oxygen atoms in total. The van der Waals surface area contributed by atoms with Crippen molar-refractivity contribution >= 4 is 22.8 Å². The van der Waals surface area contributed by atoms with Gasteiger partial charge in [0.05, 0.1) is 16.8 Å². The normalized spacial score (nSPS) is 11.1. The molecule has 98 valence electrons. The van der Waals surface area contributed by atoms with E-state index in [1.807, 2.05) is 10.6 Å². The number of thiophene rings is 1. The Morgan fingerprint density at radius 2 is 2.26 bits per heavy atom. The minimum absolute atomic E-state index is 0.877. The van der Waals surface area contributed by atoms with Gasteiger partial charge in [0.1, 0.15) is 5.82 Å². The fraction of sp³-hybridized carbons (Fsp3) is 0.286. The summed E-state index contributed by atoms with van der Waals surface area (Å²) in [4.78, 5) is 5.85. The summed E-state index contributed by atoms with van der Waals surface area (Å²) < 4.78 is 1.85. The van der Waals surface area contributed by atoms with Crippen molar-refractivity contribution in [2.24, 2.45) is 0 Å². The van der Waals surface area contributed by atoms with Gasteiger partial charge in [-0.2, -0.15) is 9.61 Å². The van der Waals surface area contributed by atoms with E-state index in [1.165, 1.54) is 10.4 Å². The van der Waals surface area contributed by atoms with Crippen LogP contribution in [0.3, 0.4) is 0 Å². The molecule has 19 heavy (non-hydrogen) atoms. The number of nitrogens with zero attached hydrogens (tertiary/aromatic N) is 3. The first kappa shape index (κ1) is 12.2. The van der Waals surface area contributed by atoms with Gasteiger partial charge in [0.25, 0.3) is 0 Å². The Balaban J connectivity index is 2.10. The zero-order valence-corrected chi connectivity index (χ0v) is 11.9. The predicted molar refractivity (Wildman–Crippen MR) is 79.8 cm³/mol. The minimum Gasteiger partial charge on any atom is -0.370 e. The molecule has 0 amide bonds. The monoisotopic (exact) mass is 272 g/mol. The van der Waals surface area contributed by atoms with Gasteiger partial charge in [-0.1, -0.05) is 6.92 Å². The minimum atomic E-state index is 0.877. The molecule has 0 aliphatic heterocycles. The smallest absolute Gasteiger partial charge is 0.158 e. The zero-order valence-electron chi connectivity index (χ0n) is 11.1. The van der Waals surface area contributed by atoms with Crippen LogP contribution in [0.25, 0.3) is 16.2 Å². The maximum Gasteiger partial charge on any atom is 0.158 e. The lowest BCUT2D eigenvalue weighted by atomic mass is 10.3. The molecule has 0 radical (unpaired) electrons. The first-order valence-corrected chi connectivity index (χ1v) is 7.30. The Morgan fingerprint density at radius 3 is 3.00 bits per heavy atom. The lowest BCUT2D eigenvalue weighted by Crippen LogP contribution is -2.07. The lowest BCUT2D eigenvalue weighted by Gasteiger charge is -2.08. The molecule has 0 aliphatic rings. The van der Waals surface area contributed by atoms with Crippen molar-refractivity contribution < 1.29 is 0 Å². The highest BCUT2D eigenvalue weighted by atomic mass is 32.1. The van der Waals surface area contributed by atoms with Crippen molar-refractivity contribution in [1.29, 1.82) is 0 Å². The number of aryl methyl sites for hydroxylation is 1. The predicted octanol–water partition coefficient (Wildman–Crippen LogP) is 3.59. The Kier molecular flexibility index (Phi) is 3.21. The first-order valence-electron chi connectivity index (χ1n) is 6.42. The number of nitrogens with one attached hydrogen (secondary N) is 1. The Hall–Kier alpha value is -1.88. The Bertz CT molecular complexity index is 698. The average Bonchev–Trinajstić information content (AvgIpc) is 3.03. The number of fused-ring (bicyclic) bond motifs is 1. The van der Waals surface area contributed by atoms with Crippen LogP contribution in [0.15, 0.2) is 29.8 Å². The molecular formula is C14H16N4S. The summed E-state index contributed by atoms with van der Waals surface area (Å²) in [5.74, 6) is 0.998. The molecule has 3 aromatic heterocycles. The van der Waals surface area contributed by atoms with E-state index in [0.717, 1.165) is 30.1 Å². The summed E-state index contributed by atoms with van der Waals surface area (Å²) in [6.07, 6.45) is 2.86. The van der Waals surface area contributed by atoms with Crippen molar-refractivity contribution in [3.05, 3.63) is 35.3 Å². The van der Waals surface area contributed by atoms with Gasteiger partial charge in [-0.25, -0.2) is 4.98 Å². The van der Waals surface area contributed by atoms with Crippen LogP contribution in [0.5, 0.6) is 0 Å². The lowest BCUT2D eigenvalue weighted by molar-refractivity contribution is 0.904. The molecule has 0 bridgehead atoms. The molecule has 0 saturated heterocycles. The molecule has 0 unspecified atom stereocenters. The number of hydrogen-bond acceptors (Lipinski definition) is 4. The van der Waals surface area contributed by atoms with Gasteiger partial charge >= 0.3 is 0 Å². The van der Waals surface area contributed by atoms with Gasteiger partial charge in [0, 0.05) is 18.7 Å². The van der Waals surface area contributed by atoms with E-state index >= 15 is 0 Å². The summed E-state index contributed by atoms with van der Waals surface area (Å²) in [7, 11) is 0. The van der Waals surface area contributed by atoms with Crippen molar-refractivity contribution in [3.8, 4) is 10.6 Å². The second-order valence-corrected chi connectivity index (χ2v) is 5.45. The fourth-order valence-electron chi connectivity index (χ4n) is 1.98. The number of aromatic nitrogens is 3. The molecule has 0 spiro atoms. The molecule has 5 heteroatoms. The molecule has 0 saturated carbocycles. The van der Waals surface area contributed by atoms with Gasteiger partial charge in [-0.15, -0.1) is 11.3 Å². The second-order valence-electron chi connectivity index (χ2n) is 4.54. The molecular weight excluding hydrogens is 256 g/mol. The largest absolute Gasteiger partial charge is 0.370 e. The third kappa shape index (κ3) is 2.33. The fourth-order valence-corrected chi connectivity index (χ4v) is 2.84. The molecule has 3 rings (SSSR count). The van der Waals surface area contributed by atoms with Gasteiger partial charge in [-0.05, 0) is 30.4 Å². The molecule has 3 heterocycles. The van der Waals surface area contributed by atoms with Crippen molar-refractivity contribution in [2.75, 3.05) is 11.9 Å². The van der Waals surface area contributed by atoms with Crippen molar-refractivity contribution in [1.82, 2.24) is 14.6 Å². The van der Waals surface area contributed by atoms with Gasteiger partial charge in [0.2, 0.25) is 0 Å². The quantitative estimate of drug-likeness (QED) is 0.789. The summed E-state index contributed by atoms with van der Waals surface area (Å²) in [5, 5.41) is 9.86. The van der Waals surface area contributed by atoms with Crippen LogP contribution < -0.4 is 5.32 Å². The summed E-state index contributed by atoms with van der Waals surface area (Å²) >= 11 is 1.73. The third-order valence-electron chi connectivity index (χ3n) is 2.90. The van der Waals surface area contributed by atoms with Crippen LogP contribution in [-0.4, -0.2) is 21.1 Å². The first-order chi connectivity index (χ1) is 9.28. The third-order valence-corrected chi connectivity index (χ3v) is 3.97. The topological polar surface area (TPSA) is 42.2 Å². The maximum atomic E-state index is 4.66. The van der Waals surface area contributed by atoms with E-state index in [0.29, 0.717) is 0 Å². The number of rotatable bonds is 4. The molecule has 0 aliphatic carbocycles. The van der Waals surface area contributed by atoms with Gasteiger partial charge < -0.3 is 5.32 Å². The van der Waals surface area contributed by atoms with E-state index in [2.05, 4.69) is 46.8 Å². The van der Waals surface area contributed by atoms with Crippen LogP contribution in [0.1, 0.15) is 18.9 Å². The summed E-state index contributed by atoms with van der Waals surface area (Å²) in [6, 6.07) is 6.17.